The molecule has 1 fully saturated rings. The summed E-state index contributed by atoms with van der Waals surface area (Å²) in [5, 5.41) is 2.89. The van der Waals surface area contributed by atoms with Crippen molar-refractivity contribution < 1.29 is 4.79 Å². The molecule has 0 bridgehead atoms. The third-order valence-electron chi connectivity index (χ3n) is 3.08. The smallest absolute Gasteiger partial charge is 0.319 e. The molecular weight excluding hydrogens is 202 g/mol. The van der Waals surface area contributed by atoms with Gasteiger partial charge < -0.3 is 10.2 Å². The number of anilines is 1. The molecule has 0 aromatic carbocycles. The van der Waals surface area contributed by atoms with Crippen molar-refractivity contribution in [3.63, 3.8) is 0 Å². The minimum Gasteiger partial charge on any atom is -0.319 e. The van der Waals surface area contributed by atoms with E-state index in [0.717, 1.165) is 25.1 Å². The number of urea groups is 1. The summed E-state index contributed by atoms with van der Waals surface area (Å²) in [6.07, 6.45) is 5.49. The lowest BCUT2D eigenvalue weighted by molar-refractivity contribution is 0.178. The van der Waals surface area contributed by atoms with Gasteiger partial charge in [-0.25, -0.2) is 4.79 Å². The van der Waals surface area contributed by atoms with Crippen LogP contribution in [0, 0.1) is 0 Å². The molecule has 2 rings (SSSR count). The Morgan fingerprint density at radius 3 is 2.69 bits per heavy atom. The Bertz CT molecular complexity index is 375. The first-order valence-electron chi connectivity index (χ1n) is 5.58. The van der Waals surface area contributed by atoms with Crippen LogP contribution in [-0.2, 0) is 0 Å². The molecular formula is C12H17N3O. The van der Waals surface area contributed by atoms with Gasteiger partial charge in [-0.3, -0.25) is 4.98 Å². The highest BCUT2D eigenvalue weighted by molar-refractivity contribution is 5.89. The van der Waals surface area contributed by atoms with E-state index in [2.05, 4.69) is 24.1 Å². The molecule has 4 nitrogen and oxygen atoms in total. The second kappa shape index (κ2) is 4.12. The van der Waals surface area contributed by atoms with Crippen molar-refractivity contribution in [2.24, 2.45) is 0 Å². The van der Waals surface area contributed by atoms with Gasteiger partial charge in [0.15, 0.2) is 0 Å². The minimum absolute atomic E-state index is 0.0197. The highest BCUT2D eigenvalue weighted by Gasteiger charge is 2.35. The van der Waals surface area contributed by atoms with Crippen LogP contribution in [-0.4, -0.2) is 28.0 Å². The van der Waals surface area contributed by atoms with Crippen LogP contribution in [0.4, 0.5) is 10.5 Å². The van der Waals surface area contributed by atoms with Crippen LogP contribution in [0.5, 0.6) is 0 Å². The van der Waals surface area contributed by atoms with E-state index in [4.69, 9.17) is 0 Å². The van der Waals surface area contributed by atoms with Crippen molar-refractivity contribution in [2.75, 3.05) is 11.9 Å². The summed E-state index contributed by atoms with van der Waals surface area (Å²) in [4.78, 5) is 17.8. The largest absolute Gasteiger partial charge is 0.322 e. The van der Waals surface area contributed by atoms with Crippen LogP contribution in [0.15, 0.2) is 24.5 Å². The van der Waals surface area contributed by atoms with E-state index in [1.54, 1.807) is 24.5 Å². The van der Waals surface area contributed by atoms with Gasteiger partial charge in [0.1, 0.15) is 0 Å². The predicted molar refractivity (Wildman–Crippen MR) is 63.3 cm³/mol. The van der Waals surface area contributed by atoms with Crippen LogP contribution in [0.25, 0.3) is 0 Å². The molecule has 0 radical (unpaired) electrons. The van der Waals surface area contributed by atoms with Crippen LogP contribution >= 0.6 is 0 Å². The molecule has 2 heterocycles. The standard InChI is InChI=1S/C12H17N3O/c1-12(2)6-3-9-15(12)11(16)14-10-4-7-13-8-5-10/h4-5,7-8H,3,6,9H2,1-2H3,(H,13,14,16). The van der Waals surface area contributed by atoms with E-state index in [0.29, 0.717) is 0 Å². The second-order valence-corrected chi connectivity index (χ2v) is 4.73. The predicted octanol–water partition coefficient (Wildman–Crippen LogP) is 2.49. The maximum absolute atomic E-state index is 12.0. The Balaban J connectivity index is 2.04. The van der Waals surface area contributed by atoms with Crippen LogP contribution in [0.2, 0.25) is 0 Å². The van der Waals surface area contributed by atoms with Crippen molar-refractivity contribution in [3.8, 4) is 0 Å². The second-order valence-electron chi connectivity index (χ2n) is 4.73. The van der Waals surface area contributed by atoms with Crippen molar-refractivity contribution in [2.45, 2.75) is 32.2 Å². The van der Waals surface area contributed by atoms with Crippen molar-refractivity contribution in [1.29, 1.82) is 0 Å². The van der Waals surface area contributed by atoms with Gasteiger partial charge in [-0.15, -0.1) is 0 Å². The van der Waals surface area contributed by atoms with E-state index >= 15 is 0 Å². The van der Waals surface area contributed by atoms with Crippen molar-refractivity contribution >= 4 is 11.7 Å². The number of likely N-dealkylation sites (tertiary alicyclic amines) is 1. The SMILES string of the molecule is CC1(C)CCCN1C(=O)Nc1ccncc1. The fourth-order valence-electron chi connectivity index (χ4n) is 2.11. The summed E-state index contributed by atoms with van der Waals surface area (Å²) >= 11 is 0. The molecule has 1 aromatic heterocycles. The lowest BCUT2D eigenvalue weighted by atomic mass is 10.0. The fourth-order valence-corrected chi connectivity index (χ4v) is 2.11. The molecule has 0 saturated carbocycles. The Labute approximate surface area is 95.7 Å². The van der Waals surface area contributed by atoms with Crippen molar-refractivity contribution in [3.05, 3.63) is 24.5 Å². The number of amides is 2. The zero-order valence-corrected chi connectivity index (χ0v) is 9.73. The van der Waals surface area contributed by atoms with Gasteiger partial charge in [0.2, 0.25) is 0 Å². The molecule has 1 N–H and O–H groups in total. The number of hydrogen-bond donors (Lipinski definition) is 1. The Kier molecular flexibility index (Phi) is 2.81. The van der Waals surface area contributed by atoms with E-state index in [-0.39, 0.29) is 11.6 Å². The fraction of sp³-hybridized carbons (Fsp3) is 0.500. The minimum atomic E-state index is -0.0306. The molecule has 86 valence electrons. The van der Waals surface area contributed by atoms with E-state index in [1.165, 1.54) is 0 Å². The van der Waals surface area contributed by atoms with Crippen LogP contribution < -0.4 is 5.32 Å². The number of nitrogens with zero attached hydrogens (tertiary/aromatic N) is 2. The number of aromatic nitrogens is 1. The molecule has 0 atom stereocenters. The number of hydrogen-bond acceptors (Lipinski definition) is 2. The van der Waals surface area contributed by atoms with Gasteiger partial charge in [0.25, 0.3) is 0 Å². The first kappa shape index (κ1) is 10.9. The lowest BCUT2D eigenvalue weighted by Crippen LogP contribution is -2.44. The Hall–Kier alpha value is -1.58. The molecule has 0 spiro atoms. The molecule has 1 saturated heterocycles. The maximum Gasteiger partial charge on any atom is 0.322 e. The zero-order valence-electron chi connectivity index (χ0n) is 9.73. The van der Waals surface area contributed by atoms with Gasteiger partial charge >= 0.3 is 6.03 Å². The van der Waals surface area contributed by atoms with Gasteiger partial charge in [-0.1, -0.05) is 0 Å². The quantitative estimate of drug-likeness (QED) is 0.788. The van der Waals surface area contributed by atoms with Gasteiger partial charge in [0.05, 0.1) is 0 Å². The normalized spacial score (nSPS) is 18.5. The molecule has 16 heavy (non-hydrogen) atoms. The van der Waals surface area contributed by atoms with Crippen LogP contribution in [0.1, 0.15) is 26.7 Å². The Morgan fingerprint density at radius 2 is 2.12 bits per heavy atom. The third-order valence-corrected chi connectivity index (χ3v) is 3.08. The maximum atomic E-state index is 12.0. The molecule has 4 heteroatoms. The Morgan fingerprint density at radius 1 is 1.44 bits per heavy atom. The van der Waals surface area contributed by atoms with Crippen LogP contribution in [0.3, 0.4) is 0 Å². The molecule has 0 aliphatic carbocycles. The topological polar surface area (TPSA) is 45.2 Å². The van der Waals surface area contributed by atoms with E-state index in [1.807, 2.05) is 4.90 Å². The summed E-state index contributed by atoms with van der Waals surface area (Å²) in [6.45, 7) is 5.04. The van der Waals surface area contributed by atoms with E-state index < -0.39 is 0 Å². The summed E-state index contributed by atoms with van der Waals surface area (Å²) in [7, 11) is 0. The number of nitrogens with one attached hydrogen (secondary N) is 1. The summed E-state index contributed by atoms with van der Waals surface area (Å²) in [5.41, 5.74) is 0.764. The lowest BCUT2D eigenvalue weighted by Gasteiger charge is -2.31. The monoisotopic (exact) mass is 219 g/mol. The first-order chi connectivity index (χ1) is 7.59. The molecule has 2 amide bonds. The average Bonchev–Trinajstić information content (AvgIpc) is 2.59. The van der Waals surface area contributed by atoms with Gasteiger partial charge in [-0.05, 0) is 38.8 Å². The number of carbonyl (C=O) groups excluding carboxylic acids is 1. The third kappa shape index (κ3) is 2.15. The number of carbonyl (C=O) groups is 1. The highest BCUT2D eigenvalue weighted by atomic mass is 16.2. The van der Waals surface area contributed by atoms with Crippen molar-refractivity contribution in [1.82, 2.24) is 9.88 Å². The number of rotatable bonds is 1. The zero-order chi connectivity index (χ0) is 11.6. The van der Waals surface area contributed by atoms with Gasteiger partial charge in [-0.2, -0.15) is 0 Å². The summed E-state index contributed by atoms with van der Waals surface area (Å²) in [6, 6.07) is 3.57. The number of pyridine rings is 1. The average molecular weight is 219 g/mol. The highest BCUT2D eigenvalue weighted by Crippen LogP contribution is 2.28. The van der Waals surface area contributed by atoms with E-state index in [9.17, 15) is 4.79 Å². The summed E-state index contributed by atoms with van der Waals surface area (Å²) in [5.74, 6) is 0. The summed E-state index contributed by atoms with van der Waals surface area (Å²) < 4.78 is 0. The molecule has 1 aliphatic rings. The molecule has 1 aromatic rings. The first-order valence-corrected chi connectivity index (χ1v) is 5.58. The van der Waals surface area contributed by atoms with Gasteiger partial charge in [0, 0.05) is 30.2 Å². The molecule has 0 unspecified atom stereocenters. The molecule has 1 aliphatic heterocycles.